The van der Waals surface area contributed by atoms with Gasteiger partial charge in [0, 0.05) is 19.3 Å². The van der Waals surface area contributed by atoms with Gasteiger partial charge < -0.3 is 14.2 Å². The second kappa shape index (κ2) is 68.1. The second-order valence-corrected chi connectivity index (χ2v) is 22.0. The van der Waals surface area contributed by atoms with Crippen LogP contribution in [0, 0.1) is 0 Å². The molecule has 0 radical (unpaired) electrons. The summed E-state index contributed by atoms with van der Waals surface area (Å²) in [6.07, 6.45) is 96.0. The van der Waals surface area contributed by atoms with E-state index in [1.807, 2.05) is 0 Å². The number of rotatable bonds is 60. The predicted octanol–water partition coefficient (Wildman–Crippen LogP) is 23.3. The van der Waals surface area contributed by atoms with Gasteiger partial charge in [0.1, 0.15) is 13.2 Å². The molecule has 0 bridgehead atoms. The van der Waals surface area contributed by atoms with Gasteiger partial charge >= 0.3 is 17.9 Å². The van der Waals surface area contributed by atoms with E-state index in [0.29, 0.717) is 19.3 Å². The minimum absolute atomic E-state index is 0.0937. The van der Waals surface area contributed by atoms with Crippen molar-refractivity contribution in [1.82, 2.24) is 0 Å². The molecule has 1 atom stereocenters. The molecule has 0 saturated heterocycles. The number of unbranched alkanes of at least 4 members (excludes halogenated alkanes) is 27. The SMILES string of the molecule is CC/C=C\C/C=C\C/C=C\C/C=C\C/C=C\CCCCCCCCCC(=O)OC(COC(=O)CCCCCCC/C=C\C/C=C\C/C=C\CC)COC(=O)CCCCCCCCCCCC/C=C\C/C=C\C/C=C\CCCCCCC. The molecule has 0 fully saturated rings. The molecule has 0 heterocycles. The van der Waals surface area contributed by atoms with Gasteiger partial charge in [0.25, 0.3) is 0 Å². The molecular weight excluding hydrogens is 997 g/mol. The highest BCUT2D eigenvalue weighted by atomic mass is 16.6. The molecule has 0 spiro atoms. The highest BCUT2D eigenvalue weighted by Crippen LogP contribution is 2.16. The van der Waals surface area contributed by atoms with Gasteiger partial charge in [-0.05, 0) is 135 Å². The maximum absolute atomic E-state index is 12.9. The summed E-state index contributed by atoms with van der Waals surface area (Å²) in [7, 11) is 0. The lowest BCUT2D eigenvalue weighted by atomic mass is 10.1. The smallest absolute Gasteiger partial charge is 0.306 e. The first kappa shape index (κ1) is 76.5. The Hall–Kier alpha value is -4.45. The van der Waals surface area contributed by atoms with E-state index >= 15 is 0 Å². The molecule has 1 unspecified atom stereocenters. The Bertz CT molecular complexity index is 1720. The van der Waals surface area contributed by atoms with Crippen molar-refractivity contribution >= 4 is 17.9 Å². The standard InChI is InChI=1S/C75H124O6/c1-4-7-10-13-16-19-22-25-28-30-32-34-36-37-39-40-42-44-47-50-53-56-59-62-65-68-74(77)80-71-72(70-79-73(76)67-64-61-58-55-52-49-46-27-24-21-18-15-12-9-6-3)81-75(78)69-66-63-60-57-54-51-48-45-43-41-38-35-33-31-29-26-23-20-17-14-11-8-5-2/h8-9,11-12,17-18,20-22,25-27,29-30,32-33,35-37,41,43,46,72H,4-7,10,13-16,19,23-24,28,31,34,38-40,42,44-45,47-71H2,1-3H3/b11-8-,12-9-,20-17-,21-18-,25-22-,29-26-,32-30-,35-33-,37-36-,43-41-,46-27-. The van der Waals surface area contributed by atoms with Crippen LogP contribution < -0.4 is 0 Å². The van der Waals surface area contributed by atoms with Crippen LogP contribution in [0.4, 0.5) is 0 Å². The fourth-order valence-electron chi connectivity index (χ4n) is 9.14. The van der Waals surface area contributed by atoms with Gasteiger partial charge in [0.2, 0.25) is 0 Å². The molecule has 0 aromatic rings. The summed E-state index contributed by atoms with van der Waals surface area (Å²) in [5, 5.41) is 0. The van der Waals surface area contributed by atoms with Crippen LogP contribution in [-0.2, 0) is 28.6 Å². The monoisotopic (exact) mass is 1120 g/mol. The van der Waals surface area contributed by atoms with Crippen LogP contribution in [0.15, 0.2) is 134 Å². The van der Waals surface area contributed by atoms with Gasteiger partial charge in [-0.25, -0.2) is 0 Å². The van der Waals surface area contributed by atoms with Crippen LogP contribution >= 0.6 is 0 Å². The average molecular weight is 1120 g/mol. The summed E-state index contributed by atoms with van der Waals surface area (Å²) in [6, 6.07) is 0. The fourth-order valence-corrected chi connectivity index (χ4v) is 9.14. The fraction of sp³-hybridized carbons (Fsp3) is 0.667. The summed E-state index contributed by atoms with van der Waals surface area (Å²) < 4.78 is 16.9. The molecular formula is C75H124O6. The quantitative estimate of drug-likeness (QED) is 0.0261. The summed E-state index contributed by atoms with van der Waals surface area (Å²) in [5.41, 5.74) is 0. The van der Waals surface area contributed by atoms with Crippen LogP contribution in [0.5, 0.6) is 0 Å². The Kier molecular flexibility index (Phi) is 64.3. The number of hydrogen-bond acceptors (Lipinski definition) is 6. The molecule has 0 saturated carbocycles. The zero-order valence-electron chi connectivity index (χ0n) is 52.8. The normalized spacial score (nSPS) is 13.0. The first-order valence-electron chi connectivity index (χ1n) is 33.7. The Balaban J connectivity index is 4.41. The number of carbonyl (C=O) groups is 3. The minimum Gasteiger partial charge on any atom is -0.462 e. The van der Waals surface area contributed by atoms with Crippen LogP contribution in [0.25, 0.3) is 0 Å². The molecule has 460 valence electrons. The molecule has 6 nitrogen and oxygen atoms in total. The topological polar surface area (TPSA) is 78.9 Å². The van der Waals surface area contributed by atoms with Gasteiger partial charge in [-0.1, -0.05) is 283 Å². The van der Waals surface area contributed by atoms with Gasteiger partial charge in [-0.3, -0.25) is 14.4 Å². The van der Waals surface area contributed by atoms with Gasteiger partial charge in [-0.2, -0.15) is 0 Å². The maximum Gasteiger partial charge on any atom is 0.306 e. The number of ether oxygens (including phenoxy) is 3. The highest BCUT2D eigenvalue weighted by Gasteiger charge is 2.19. The summed E-state index contributed by atoms with van der Waals surface area (Å²) in [5.74, 6) is -0.921. The summed E-state index contributed by atoms with van der Waals surface area (Å²) in [6.45, 7) is 6.39. The first-order chi connectivity index (χ1) is 40.0. The molecule has 81 heavy (non-hydrogen) atoms. The van der Waals surface area contributed by atoms with Crippen molar-refractivity contribution in [3.63, 3.8) is 0 Å². The third-order valence-electron chi connectivity index (χ3n) is 14.1. The van der Waals surface area contributed by atoms with Crippen molar-refractivity contribution < 1.29 is 28.6 Å². The van der Waals surface area contributed by atoms with E-state index in [4.69, 9.17) is 14.2 Å². The highest BCUT2D eigenvalue weighted by molar-refractivity contribution is 5.71. The lowest BCUT2D eigenvalue weighted by molar-refractivity contribution is -0.167. The van der Waals surface area contributed by atoms with E-state index in [0.717, 1.165) is 154 Å². The third kappa shape index (κ3) is 66.2. The summed E-state index contributed by atoms with van der Waals surface area (Å²) >= 11 is 0. The predicted molar refractivity (Wildman–Crippen MR) is 353 cm³/mol. The lowest BCUT2D eigenvalue weighted by Crippen LogP contribution is -2.30. The largest absolute Gasteiger partial charge is 0.462 e. The lowest BCUT2D eigenvalue weighted by Gasteiger charge is -2.18. The van der Waals surface area contributed by atoms with Crippen molar-refractivity contribution in [3.05, 3.63) is 134 Å². The number of allylic oxidation sites excluding steroid dienone is 22. The second-order valence-electron chi connectivity index (χ2n) is 22.0. The number of carbonyl (C=O) groups excluding carboxylic acids is 3. The van der Waals surface area contributed by atoms with Crippen molar-refractivity contribution in [1.29, 1.82) is 0 Å². The number of esters is 3. The molecule has 6 heteroatoms. The third-order valence-corrected chi connectivity index (χ3v) is 14.1. The van der Waals surface area contributed by atoms with Crippen LogP contribution in [0.2, 0.25) is 0 Å². The molecule has 0 N–H and O–H groups in total. The Labute approximate surface area is 500 Å². The van der Waals surface area contributed by atoms with E-state index < -0.39 is 6.10 Å². The van der Waals surface area contributed by atoms with Crippen molar-refractivity contribution in [2.24, 2.45) is 0 Å². The molecule has 0 aromatic carbocycles. The van der Waals surface area contributed by atoms with Gasteiger partial charge in [0.05, 0.1) is 0 Å². The minimum atomic E-state index is -0.800. The van der Waals surface area contributed by atoms with E-state index in [9.17, 15) is 14.4 Å². The molecule has 0 aromatic heterocycles. The Morgan fingerprint density at radius 2 is 0.481 bits per heavy atom. The maximum atomic E-state index is 12.9. The van der Waals surface area contributed by atoms with Crippen molar-refractivity contribution in [3.8, 4) is 0 Å². The van der Waals surface area contributed by atoms with Crippen molar-refractivity contribution in [2.75, 3.05) is 13.2 Å². The van der Waals surface area contributed by atoms with E-state index in [2.05, 4.69) is 154 Å². The van der Waals surface area contributed by atoms with E-state index in [-0.39, 0.29) is 31.1 Å². The van der Waals surface area contributed by atoms with Crippen LogP contribution in [-0.4, -0.2) is 37.2 Å². The average Bonchev–Trinajstić information content (AvgIpc) is 3.47. The number of hydrogen-bond donors (Lipinski definition) is 0. The van der Waals surface area contributed by atoms with Crippen LogP contribution in [0.1, 0.15) is 303 Å². The van der Waals surface area contributed by atoms with Crippen molar-refractivity contribution in [2.45, 2.75) is 309 Å². The molecule has 0 aliphatic carbocycles. The van der Waals surface area contributed by atoms with E-state index in [1.165, 1.54) is 109 Å². The van der Waals surface area contributed by atoms with E-state index in [1.54, 1.807) is 0 Å². The van der Waals surface area contributed by atoms with Gasteiger partial charge in [0.15, 0.2) is 6.10 Å². The van der Waals surface area contributed by atoms with Gasteiger partial charge in [-0.15, -0.1) is 0 Å². The Morgan fingerprint density at radius 3 is 0.753 bits per heavy atom. The molecule has 0 aliphatic rings. The van der Waals surface area contributed by atoms with Crippen LogP contribution in [0.3, 0.4) is 0 Å². The Morgan fingerprint density at radius 1 is 0.259 bits per heavy atom. The molecule has 0 rings (SSSR count). The zero-order chi connectivity index (χ0) is 58.5. The first-order valence-corrected chi connectivity index (χ1v) is 33.7. The molecule has 0 amide bonds. The zero-order valence-corrected chi connectivity index (χ0v) is 52.8. The summed E-state index contributed by atoms with van der Waals surface area (Å²) in [4.78, 5) is 38.4. The molecule has 0 aliphatic heterocycles.